The molecule has 0 unspecified atom stereocenters. The summed E-state index contributed by atoms with van der Waals surface area (Å²) >= 11 is 0. The van der Waals surface area contributed by atoms with Crippen LogP contribution in [-0.4, -0.2) is 25.0 Å². The van der Waals surface area contributed by atoms with Gasteiger partial charge in [-0.15, -0.1) is 0 Å². The van der Waals surface area contributed by atoms with Crippen LogP contribution in [0.2, 0.25) is 0 Å². The van der Waals surface area contributed by atoms with Crippen LogP contribution in [-0.2, 0) is 14.3 Å². The number of carbonyl (C=O) groups is 2. The van der Waals surface area contributed by atoms with Crippen molar-refractivity contribution >= 4 is 11.9 Å². The molecule has 0 radical (unpaired) electrons. The van der Waals surface area contributed by atoms with Crippen molar-refractivity contribution in [1.82, 2.24) is 5.32 Å². The van der Waals surface area contributed by atoms with E-state index in [2.05, 4.69) is 10.1 Å². The van der Waals surface area contributed by atoms with Gasteiger partial charge in [0.05, 0.1) is 7.11 Å². The maximum absolute atomic E-state index is 11.1. The Kier molecular flexibility index (Phi) is 11.6. The molecule has 1 amide bonds. The Bertz CT molecular complexity index is 212. The maximum Gasteiger partial charge on any atom is 0.328 e. The average molecular weight is 215 g/mol. The highest BCUT2D eigenvalue weighted by Crippen LogP contribution is 1.96. The topological polar surface area (TPSA) is 55.4 Å². The Labute approximate surface area is 91.7 Å². The molecule has 88 valence electrons. The fourth-order valence-corrected chi connectivity index (χ4v) is 0.874. The lowest BCUT2D eigenvalue weighted by Gasteiger charge is -2.12. The van der Waals surface area contributed by atoms with Crippen LogP contribution in [0.5, 0.6) is 0 Å². The first-order valence-corrected chi connectivity index (χ1v) is 5.08. The number of methoxy groups -OCH3 is 1. The van der Waals surface area contributed by atoms with Crippen LogP contribution in [0.4, 0.5) is 0 Å². The molecule has 4 heteroatoms. The van der Waals surface area contributed by atoms with Crippen molar-refractivity contribution in [3.8, 4) is 0 Å². The monoisotopic (exact) mass is 215 g/mol. The molecule has 0 rings (SSSR count). The van der Waals surface area contributed by atoms with Crippen LogP contribution >= 0.6 is 0 Å². The molecule has 1 N–H and O–H groups in total. The number of hydrogen-bond acceptors (Lipinski definition) is 3. The van der Waals surface area contributed by atoms with Crippen LogP contribution in [0, 0.1) is 0 Å². The van der Waals surface area contributed by atoms with Gasteiger partial charge in [0.2, 0.25) is 5.91 Å². The molecular weight excluding hydrogens is 194 g/mol. The number of amides is 1. The van der Waals surface area contributed by atoms with Gasteiger partial charge in [0.25, 0.3) is 0 Å². The first-order valence-electron chi connectivity index (χ1n) is 5.08. The smallest absolute Gasteiger partial charge is 0.328 e. The Morgan fingerprint density at radius 1 is 1.40 bits per heavy atom. The number of nitrogens with one attached hydrogen (secondary N) is 1. The predicted octanol–water partition coefficient (Wildman–Crippen LogP) is 1.66. The van der Waals surface area contributed by atoms with Gasteiger partial charge in [-0.1, -0.05) is 26.0 Å². The third-order valence-electron chi connectivity index (χ3n) is 1.47. The minimum Gasteiger partial charge on any atom is -0.467 e. The molecule has 0 saturated carbocycles. The van der Waals surface area contributed by atoms with Gasteiger partial charge in [0.15, 0.2) is 0 Å². The van der Waals surface area contributed by atoms with E-state index in [9.17, 15) is 9.59 Å². The minimum atomic E-state index is -0.571. The Hall–Kier alpha value is -1.32. The molecule has 0 aromatic heterocycles. The third kappa shape index (κ3) is 9.00. The number of hydrogen-bond donors (Lipinski definition) is 1. The summed E-state index contributed by atoms with van der Waals surface area (Å²) in [6.07, 6.45) is 4.08. The van der Waals surface area contributed by atoms with E-state index in [0.717, 1.165) is 0 Å². The molecule has 4 nitrogen and oxygen atoms in total. The fraction of sp³-hybridized carbons (Fsp3) is 0.636. The standard InChI is InChI=1S/C9H15NO3.C2H6/c1-4-5-6-8(9(12)13-3)10-7(2)11;1-2/h4-5,8H,6H2,1-3H3,(H,10,11);1-2H3/b5-4+;/t8-;/m0./s1. The molecule has 0 aliphatic carbocycles. The van der Waals surface area contributed by atoms with Gasteiger partial charge < -0.3 is 10.1 Å². The number of carbonyl (C=O) groups excluding carboxylic acids is 2. The zero-order chi connectivity index (χ0) is 12.3. The van der Waals surface area contributed by atoms with Crippen molar-refractivity contribution in [2.45, 2.75) is 40.2 Å². The molecule has 1 atom stereocenters. The third-order valence-corrected chi connectivity index (χ3v) is 1.47. The lowest BCUT2D eigenvalue weighted by atomic mass is 10.2. The van der Waals surface area contributed by atoms with E-state index < -0.39 is 12.0 Å². The van der Waals surface area contributed by atoms with E-state index in [1.54, 1.807) is 6.08 Å². The summed E-state index contributed by atoms with van der Waals surface area (Å²) in [6, 6.07) is -0.571. The zero-order valence-corrected chi connectivity index (χ0v) is 10.2. The van der Waals surface area contributed by atoms with Gasteiger partial charge in [-0.25, -0.2) is 4.79 Å². The minimum absolute atomic E-state index is 0.236. The van der Waals surface area contributed by atoms with E-state index in [0.29, 0.717) is 6.42 Å². The van der Waals surface area contributed by atoms with Crippen molar-refractivity contribution in [2.24, 2.45) is 0 Å². The van der Waals surface area contributed by atoms with Crippen molar-refractivity contribution in [1.29, 1.82) is 0 Å². The second kappa shape index (κ2) is 10.8. The summed E-state index contributed by atoms with van der Waals surface area (Å²) in [5.41, 5.74) is 0. The Balaban J connectivity index is 0. The van der Waals surface area contributed by atoms with Crippen LogP contribution < -0.4 is 5.32 Å². The van der Waals surface area contributed by atoms with Gasteiger partial charge in [-0.3, -0.25) is 4.79 Å². The highest BCUT2D eigenvalue weighted by Gasteiger charge is 2.17. The summed E-state index contributed by atoms with van der Waals surface area (Å²) in [4.78, 5) is 21.8. The highest BCUT2D eigenvalue weighted by atomic mass is 16.5. The lowest BCUT2D eigenvalue weighted by Crippen LogP contribution is -2.39. The zero-order valence-electron chi connectivity index (χ0n) is 10.2. The van der Waals surface area contributed by atoms with Gasteiger partial charge in [0, 0.05) is 6.92 Å². The van der Waals surface area contributed by atoms with Crippen LogP contribution in [0.1, 0.15) is 34.1 Å². The lowest BCUT2D eigenvalue weighted by molar-refractivity contribution is -0.144. The van der Waals surface area contributed by atoms with Gasteiger partial charge in [0.1, 0.15) is 6.04 Å². The molecule has 0 spiro atoms. The van der Waals surface area contributed by atoms with E-state index in [4.69, 9.17) is 0 Å². The number of rotatable bonds is 4. The first-order chi connectivity index (χ1) is 7.11. The number of allylic oxidation sites excluding steroid dienone is 1. The molecule has 0 saturated heterocycles. The quantitative estimate of drug-likeness (QED) is 0.573. The summed E-state index contributed by atoms with van der Waals surface area (Å²) < 4.78 is 4.52. The molecule has 0 heterocycles. The number of esters is 1. The summed E-state index contributed by atoms with van der Waals surface area (Å²) in [5.74, 6) is -0.659. The van der Waals surface area contributed by atoms with Gasteiger partial charge in [-0.05, 0) is 13.3 Å². The van der Waals surface area contributed by atoms with Gasteiger partial charge >= 0.3 is 5.97 Å². The average Bonchev–Trinajstić information content (AvgIpc) is 2.25. The van der Waals surface area contributed by atoms with Crippen LogP contribution in [0.25, 0.3) is 0 Å². The van der Waals surface area contributed by atoms with E-state index in [1.807, 2.05) is 26.8 Å². The van der Waals surface area contributed by atoms with Crippen molar-refractivity contribution < 1.29 is 14.3 Å². The SMILES string of the molecule is C/C=C/C[C@H](NC(C)=O)C(=O)OC.CC. The Morgan fingerprint density at radius 2 is 1.93 bits per heavy atom. The molecule has 0 aromatic rings. The summed E-state index contributed by atoms with van der Waals surface area (Å²) in [7, 11) is 1.30. The fourth-order valence-electron chi connectivity index (χ4n) is 0.874. The molecule has 0 aromatic carbocycles. The molecule has 15 heavy (non-hydrogen) atoms. The van der Waals surface area contributed by atoms with Gasteiger partial charge in [-0.2, -0.15) is 0 Å². The highest BCUT2D eigenvalue weighted by molar-refractivity contribution is 5.83. The number of ether oxygens (including phenoxy) is 1. The normalized spacial score (nSPS) is 11.3. The summed E-state index contributed by atoms with van der Waals surface area (Å²) in [6.45, 7) is 7.22. The predicted molar refractivity (Wildman–Crippen MR) is 60.4 cm³/mol. The second-order valence-electron chi connectivity index (χ2n) is 2.58. The van der Waals surface area contributed by atoms with E-state index >= 15 is 0 Å². The van der Waals surface area contributed by atoms with Crippen molar-refractivity contribution in [2.75, 3.05) is 7.11 Å². The van der Waals surface area contributed by atoms with Crippen molar-refractivity contribution in [3.63, 3.8) is 0 Å². The van der Waals surface area contributed by atoms with E-state index in [-0.39, 0.29) is 5.91 Å². The molecule has 0 aliphatic rings. The Morgan fingerprint density at radius 3 is 2.27 bits per heavy atom. The van der Waals surface area contributed by atoms with Crippen LogP contribution in [0.15, 0.2) is 12.2 Å². The maximum atomic E-state index is 11.1. The molecule has 0 fully saturated rings. The largest absolute Gasteiger partial charge is 0.467 e. The summed E-state index contributed by atoms with van der Waals surface area (Å²) in [5, 5.41) is 2.50. The van der Waals surface area contributed by atoms with Crippen LogP contribution in [0.3, 0.4) is 0 Å². The van der Waals surface area contributed by atoms with Crippen molar-refractivity contribution in [3.05, 3.63) is 12.2 Å². The second-order valence-corrected chi connectivity index (χ2v) is 2.58. The molecular formula is C11H21NO3. The molecule has 0 aliphatic heterocycles. The molecule has 0 bridgehead atoms. The van der Waals surface area contributed by atoms with E-state index in [1.165, 1.54) is 14.0 Å². The first kappa shape index (κ1) is 16.1.